The number of rotatable bonds is 6. The molecule has 2 aliphatic heterocycles. The number of hydrogen-bond donors (Lipinski definition) is 1. The Kier molecular flexibility index (Phi) is 6.03. The van der Waals surface area contributed by atoms with Gasteiger partial charge in [0.1, 0.15) is 23.0 Å². The van der Waals surface area contributed by atoms with Crippen LogP contribution >= 0.6 is 0 Å². The van der Waals surface area contributed by atoms with Crippen molar-refractivity contribution in [2.24, 2.45) is 5.92 Å². The highest BCUT2D eigenvalue weighted by molar-refractivity contribution is 5.94. The van der Waals surface area contributed by atoms with Crippen LogP contribution in [0.1, 0.15) is 28.8 Å². The Morgan fingerprint density at radius 2 is 1.88 bits per heavy atom. The molecule has 3 heterocycles. The molecule has 1 amide bonds. The summed E-state index contributed by atoms with van der Waals surface area (Å²) in [5.74, 6) is 2.25. The highest BCUT2D eigenvalue weighted by Gasteiger charge is 2.30. The molecule has 0 unspecified atom stereocenters. The Bertz CT molecular complexity index is 1070. The smallest absolute Gasteiger partial charge is 0.245 e. The molecule has 1 fully saturated rings. The van der Waals surface area contributed by atoms with E-state index in [4.69, 9.17) is 14.6 Å². The summed E-state index contributed by atoms with van der Waals surface area (Å²) in [5.41, 5.74) is 3.77. The fraction of sp³-hybridized carbons (Fsp3) is 0.375. The molecule has 0 radical (unpaired) electrons. The van der Waals surface area contributed by atoms with E-state index < -0.39 is 0 Å². The number of fused-ring (bicyclic) bond motifs is 1. The van der Waals surface area contributed by atoms with E-state index >= 15 is 0 Å². The van der Waals surface area contributed by atoms with Gasteiger partial charge in [0, 0.05) is 42.4 Å². The molecule has 0 atom stereocenters. The van der Waals surface area contributed by atoms with E-state index in [2.05, 4.69) is 18.0 Å². The van der Waals surface area contributed by atoms with Crippen molar-refractivity contribution >= 4 is 23.7 Å². The Balaban J connectivity index is 1.71. The van der Waals surface area contributed by atoms with Gasteiger partial charge in [0.05, 0.1) is 19.8 Å². The molecule has 8 heteroatoms. The van der Waals surface area contributed by atoms with Crippen molar-refractivity contribution in [1.29, 1.82) is 0 Å². The normalized spacial score (nSPS) is 16.0. The minimum absolute atomic E-state index is 0.0321. The molecule has 0 aliphatic carbocycles. The molecule has 4 rings (SSSR count). The summed E-state index contributed by atoms with van der Waals surface area (Å²) >= 11 is 0. The van der Waals surface area contributed by atoms with E-state index in [1.165, 1.54) is 6.08 Å². The highest BCUT2D eigenvalue weighted by Crippen LogP contribution is 2.39. The molecule has 2 aromatic rings. The van der Waals surface area contributed by atoms with E-state index in [0.717, 1.165) is 36.0 Å². The largest absolute Gasteiger partial charge is 0.496 e. The van der Waals surface area contributed by atoms with E-state index in [0.29, 0.717) is 48.2 Å². The van der Waals surface area contributed by atoms with Gasteiger partial charge in [-0.2, -0.15) is 5.10 Å². The van der Waals surface area contributed by atoms with Gasteiger partial charge in [0.15, 0.2) is 6.29 Å². The van der Waals surface area contributed by atoms with Crippen LogP contribution in [0.3, 0.4) is 0 Å². The van der Waals surface area contributed by atoms with Gasteiger partial charge in [-0.3, -0.25) is 9.59 Å². The van der Waals surface area contributed by atoms with Crippen LogP contribution in [0.4, 0.5) is 5.82 Å². The lowest BCUT2D eigenvalue weighted by Gasteiger charge is -2.33. The zero-order valence-electron chi connectivity index (χ0n) is 18.7. The third kappa shape index (κ3) is 3.66. The van der Waals surface area contributed by atoms with Crippen molar-refractivity contribution in [1.82, 2.24) is 14.7 Å². The van der Waals surface area contributed by atoms with Gasteiger partial charge < -0.3 is 19.7 Å². The molecule has 1 N–H and O–H groups in total. The summed E-state index contributed by atoms with van der Waals surface area (Å²) in [5, 5.41) is 8.14. The van der Waals surface area contributed by atoms with Gasteiger partial charge >= 0.3 is 0 Å². The number of ether oxygens (including phenoxy) is 2. The van der Waals surface area contributed by atoms with Crippen LogP contribution in [0.15, 0.2) is 30.9 Å². The molecule has 0 bridgehead atoms. The maximum Gasteiger partial charge on any atom is 0.245 e. The maximum atomic E-state index is 12.1. The second kappa shape index (κ2) is 8.90. The number of nitrogens with one attached hydrogen (secondary N) is 1. The van der Waals surface area contributed by atoms with Crippen LogP contribution in [-0.2, 0) is 4.79 Å². The standard InChI is InChI=1S/C24H28N4O4/c1-5-22(30)27-10-7-16(8-11-27)19-6-9-25-24-18(14-29)23(26-28(19)24)17-12-20(31-3)15(2)21(13-17)32-4/h5-6,12-14,16,25H,1,7-11H2,2-4H3. The number of carbonyl (C=O) groups excluding carboxylic acids is 2. The van der Waals surface area contributed by atoms with E-state index in [-0.39, 0.29) is 11.8 Å². The molecule has 2 aliphatic rings. The minimum atomic E-state index is -0.0321. The molecule has 8 nitrogen and oxygen atoms in total. The Labute approximate surface area is 187 Å². The minimum Gasteiger partial charge on any atom is -0.496 e. The van der Waals surface area contributed by atoms with Crippen molar-refractivity contribution in [2.75, 3.05) is 39.2 Å². The van der Waals surface area contributed by atoms with E-state index in [1.54, 1.807) is 14.2 Å². The monoisotopic (exact) mass is 436 g/mol. The summed E-state index contributed by atoms with van der Waals surface area (Å²) in [7, 11) is 3.21. The number of piperidine rings is 1. The van der Waals surface area contributed by atoms with Gasteiger partial charge in [-0.25, -0.2) is 4.68 Å². The molecular weight excluding hydrogens is 408 g/mol. The van der Waals surface area contributed by atoms with Crippen molar-refractivity contribution in [3.63, 3.8) is 0 Å². The van der Waals surface area contributed by atoms with Crippen molar-refractivity contribution in [3.05, 3.63) is 42.0 Å². The summed E-state index contributed by atoms with van der Waals surface area (Å²) in [6.07, 6.45) is 5.99. The highest BCUT2D eigenvalue weighted by atomic mass is 16.5. The molecule has 0 saturated carbocycles. The summed E-state index contributed by atoms with van der Waals surface area (Å²) in [4.78, 5) is 25.9. The second-order valence-corrected chi connectivity index (χ2v) is 7.96. The molecular formula is C24H28N4O4. The van der Waals surface area contributed by atoms with Gasteiger partial charge in [0.25, 0.3) is 0 Å². The third-order valence-corrected chi connectivity index (χ3v) is 6.29. The van der Waals surface area contributed by atoms with Crippen LogP contribution < -0.4 is 14.8 Å². The number of benzene rings is 1. The number of likely N-dealkylation sites (tertiary alicyclic amines) is 1. The van der Waals surface area contributed by atoms with Crippen LogP contribution in [-0.4, -0.2) is 60.7 Å². The fourth-order valence-electron chi connectivity index (χ4n) is 4.54. The first-order valence-corrected chi connectivity index (χ1v) is 10.7. The lowest BCUT2D eigenvalue weighted by Crippen LogP contribution is -2.38. The van der Waals surface area contributed by atoms with Gasteiger partial charge in [-0.15, -0.1) is 0 Å². The van der Waals surface area contributed by atoms with E-state index in [9.17, 15) is 9.59 Å². The van der Waals surface area contributed by atoms with Crippen molar-refractivity contribution < 1.29 is 19.1 Å². The fourth-order valence-corrected chi connectivity index (χ4v) is 4.54. The summed E-state index contributed by atoms with van der Waals surface area (Å²) < 4.78 is 12.9. The number of carbonyl (C=O) groups is 2. The molecule has 1 saturated heterocycles. The first-order chi connectivity index (χ1) is 15.5. The number of allylic oxidation sites excluding steroid dienone is 1. The Morgan fingerprint density at radius 1 is 1.22 bits per heavy atom. The number of hydrogen-bond acceptors (Lipinski definition) is 6. The molecule has 1 aromatic carbocycles. The van der Waals surface area contributed by atoms with Crippen LogP contribution in [0.25, 0.3) is 17.0 Å². The number of aldehydes is 1. The maximum absolute atomic E-state index is 12.1. The van der Waals surface area contributed by atoms with E-state index in [1.807, 2.05) is 28.6 Å². The number of amides is 1. The van der Waals surface area contributed by atoms with Crippen molar-refractivity contribution in [2.45, 2.75) is 19.8 Å². The van der Waals surface area contributed by atoms with Gasteiger partial charge in [-0.1, -0.05) is 6.58 Å². The first kappa shape index (κ1) is 21.7. The lowest BCUT2D eigenvalue weighted by atomic mass is 9.92. The van der Waals surface area contributed by atoms with Crippen LogP contribution in [0.5, 0.6) is 11.5 Å². The van der Waals surface area contributed by atoms with Gasteiger partial charge in [-0.05, 0) is 44.1 Å². The average Bonchev–Trinajstić information content (AvgIpc) is 3.22. The first-order valence-electron chi connectivity index (χ1n) is 10.7. The molecule has 168 valence electrons. The number of anilines is 1. The van der Waals surface area contributed by atoms with Gasteiger partial charge in [0.2, 0.25) is 5.91 Å². The SMILES string of the molecule is C=CC(=O)N1CCC(C2=CCNc3c(C=O)c(-c4cc(OC)c(C)c(OC)c4)nn32)CC1. The van der Waals surface area contributed by atoms with Crippen LogP contribution in [0, 0.1) is 12.8 Å². The molecule has 1 aromatic heterocycles. The number of nitrogens with zero attached hydrogens (tertiary/aromatic N) is 3. The zero-order chi connectivity index (χ0) is 22.8. The Hall–Kier alpha value is -3.55. The average molecular weight is 437 g/mol. The van der Waals surface area contributed by atoms with Crippen molar-refractivity contribution in [3.8, 4) is 22.8 Å². The number of methoxy groups -OCH3 is 2. The Morgan fingerprint density at radius 3 is 2.44 bits per heavy atom. The molecule has 32 heavy (non-hydrogen) atoms. The predicted molar refractivity (Wildman–Crippen MR) is 123 cm³/mol. The molecule has 0 spiro atoms. The number of aromatic nitrogens is 2. The summed E-state index contributed by atoms with van der Waals surface area (Å²) in [6, 6.07) is 3.75. The lowest BCUT2D eigenvalue weighted by molar-refractivity contribution is -0.127. The second-order valence-electron chi connectivity index (χ2n) is 7.96. The predicted octanol–water partition coefficient (Wildman–Crippen LogP) is 3.38. The summed E-state index contributed by atoms with van der Waals surface area (Å²) in [6.45, 7) is 7.48. The topological polar surface area (TPSA) is 85.7 Å². The van der Waals surface area contributed by atoms with Crippen LogP contribution in [0.2, 0.25) is 0 Å². The third-order valence-electron chi connectivity index (χ3n) is 6.29. The quantitative estimate of drug-likeness (QED) is 0.552. The zero-order valence-corrected chi connectivity index (χ0v) is 18.7.